The second-order valence-corrected chi connectivity index (χ2v) is 6.46. The number of nitrogens with one attached hydrogen (secondary N) is 1. The predicted molar refractivity (Wildman–Crippen MR) is 101 cm³/mol. The molecule has 0 atom stereocenters. The number of anilines is 1. The largest absolute Gasteiger partial charge is 0.495 e. The first-order valence-electron chi connectivity index (χ1n) is 7.86. The van der Waals surface area contributed by atoms with Gasteiger partial charge in [-0.15, -0.1) is 11.8 Å². The summed E-state index contributed by atoms with van der Waals surface area (Å²) in [5, 5.41) is 2.90. The normalized spacial score (nSPS) is 10.7. The number of thioether (sulfide) groups is 1. The van der Waals surface area contributed by atoms with E-state index >= 15 is 0 Å². The van der Waals surface area contributed by atoms with Gasteiger partial charge >= 0.3 is 0 Å². The van der Waals surface area contributed by atoms with Gasteiger partial charge < -0.3 is 15.0 Å². The van der Waals surface area contributed by atoms with Crippen molar-refractivity contribution in [2.75, 3.05) is 32.3 Å². The molecule has 2 aromatic rings. The van der Waals surface area contributed by atoms with Gasteiger partial charge in [-0.2, -0.15) is 0 Å². The lowest BCUT2D eigenvalue weighted by atomic mass is 10.2. The second-order valence-electron chi connectivity index (χ2n) is 5.58. The zero-order valence-corrected chi connectivity index (χ0v) is 15.2. The zero-order chi connectivity index (χ0) is 17.4. The van der Waals surface area contributed by atoms with Crippen LogP contribution >= 0.6 is 11.8 Å². The Hall–Kier alpha value is -1.98. The smallest absolute Gasteiger partial charge is 0.225 e. The van der Waals surface area contributed by atoms with E-state index in [1.165, 1.54) is 10.5 Å². The molecule has 0 aliphatic rings. The van der Waals surface area contributed by atoms with Crippen molar-refractivity contribution in [2.24, 2.45) is 0 Å². The number of nitrogens with zero attached hydrogens (tertiary/aromatic N) is 1. The summed E-state index contributed by atoms with van der Waals surface area (Å²) in [6, 6.07) is 16.0. The minimum absolute atomic E-state index is 0.0101. The minimum atomic E-state index is -0.0101. The van der Waals surface area contributed by atoms with Crippen LogP contribution in [0.15, 0.2) is 53.4 Å². The van der Waals surface area contributed by atoms with Crippen LogP contribution < -0.4 is 10.1 Å². The molecule has 0 aromatic heterocycles. The Bertz CT molecular complexity index is 659. The third-order valence-corrected chi connectivity index (χ3v) is 4.46. The third-order valence-electron chi connectivity index (χ3n) is 3.71. The molecule has 2 aromatic carbocycles. The summed E-state index contributed by atoms with van der Waals surface area (Å²) < 4.78 is 5.24. The molecule has 128 valence electrons. The van der Waals surface area contributed by atoms with E-state index in [0.29, 0.717) is 24.4 Å². The predicted octanol–water partition coefficient (Wildman–Crippen LogP) is 3.88. The first kappa shape index (κ1) is 18.4. The molecule has 24 heavy (non-hydrogen) atoms. The van der Waals surface area contributed by atoms with Crippen LogP contribution in [0.2, 0.25) is 0 Å². The maximum atomic E-state index is 12.1. The highest BCUT2D eigenvalue weighted by Crippen LogP contribution is 2.23. The lowest BCUT2D eigenvalue weighted by Gasteiger charge is -2.17. The Morgan fingerprint density at radius 3 is 2.54 bits per heavy atom. The minimum Gasteiger partial charge on any atom is -0.495 e. The van der Waals surface area contributed by atoms with Crippen LogP contribution in [0.5, 0.6) is 5.75 Å². The van der Waals surface area contributed by atoms with E-state index < -0.39 is 0 Å². The molecule has 2 rings (SSSR count). The van der Waals surface area contributed by atoms with Gasteiger partial charge in [-0.3, -0.25) is 4.79 Å². The van der Waals surface area contributed by atoms with E-state index in [9.17, 15) is 4.79 Å². The van der Waals surface area contributed by atoms with Crippen molar-refractivity contribution in [1.29, 1.82) is 0 Å². The van der Waals surface area contributed by atoms with E-state index in [4.69, 9.17) is 4.74 Å². The Kier molecular flexibility index (Phi) is 7.15. The molecule has 0 saturated heterocycles. The van der Waals surface area contributed by atoms with Gasteiger partial charge in [0.25, 0.3) is 0 Å². The molecule has 0 aliphatic carbocycles. The number of carbonyl (C=O) groups excluding carboxylic acids is 1. The number of amides is 1. The van der Waals surface area contributed by atoms with Gasteiger partial charge in [-0.25, -0.2) is 0 Å². The lowest BCUT2D eigenvalue weighted by Crippen LogP contribution is -2.24. The number of hydrogen-bond acceptors (Lipinski definition) is 4. The standard InChI is InChI=1S/C19H24N2O2S/c1-21(14-15-8-10-16(24-3)11-9-15)13-12-19(22)20-17-6-4-5-7-18(17)23-2/h4-11H,12-14H2,1-3H3,(H,20,22). The zero-order valence-electron chi connectivity index (χ0n) is 14.4. The molecule has 0 fully saturated rings. The van der Waals surface area contributed by atoms with Gasteiger partial charge in [0.15, 0.2) is 0 Å². The fraction of sp³-hybridized carbons (Fsp3) is 0.316. The number of para-hydroxylation sites is 2. The Morgan fingerprint density at radius 1 is 1.17 bits per heavy atom. The van der Waals surface area contributed by atoms with Gasteiger partial charge in [-0.1, -0.05) is 24.3 Å². The van der Waals surface area contributed by atoms with Crippen LogP contribution in [0.3, 0.4) is 0 Å². The molecule has 0 bridgehead atoms. The van der Waals surface area contributed by atoms with E-state index in [0.717, 1.165) is 6.54 Å². The molecule has 0 unspecified atom stereocenters. The summed E-state index contributed by atoms with van der Waals surface area (Å²) in [5.74, 6) is 0.664. The van der Waals surface area contributed by atoms with Crippen molar-refractivity contribution >= 4 is 23.4 Å². The van der Waals surface area contributed by atoms with Crippen LogP contribution in [0.1, 0.15) is 12.0 Å². The van der Waals surface area contributed by atoms with Crippen LogP contribution in [0.25, 0.3) is 0 Å². The monoisotopic (exact) mass is 344 g/mol. The Labute approximate surface area is 148 Å². The summed E-state index contributed by atoms with van der Waals surface area (Å²) in [6.45, 7) is 1.53. The van der Waals surface area contributed by atoms with Crippen molar-refractivity contribution in [3.8, 4) is 5.75 Å². The van der Waals surface area contributed by atoms with Crippen LogP contribution in [-0.2, 0) is 11.3 Å². The van der Waals surface area contributed by atoms with E-state index in [1.807, 2.05) is 31.3 Å². The summed E-state index contributed by atoms with van der Waals surface area (Å²) in [7, 11) is 3.62. The summed E-state index contributed by atoms with van der Waals surface area (Å²) in [6.07, 6.45) is 2.51. The Balaban J connectivity index is 1.80. The molecule has 4 nitrogen and oxygen atoms in total. The molecule has 0 saturated carbocycles. The first-order chi connectivity index (χ1) is 11.6. The summed E-state index contributed by atoms with van der Waals surface area (Å²) >= 11 is 1.74. The average molecular weight is 344 g/mol. The number of carbonyl (C=O) groups is 1. The van der Waals surface area contributed by atoms with Crippen molar-refractivity contribution in [1.82, 2.24) is 4.90 Å². The summed E-state index contributed by atoms with van der Waals surface area (Å²) in [5.41, 5.74) is 1.96. The Morgan fingerprint density at radius 2 is 1.88 bits per heavy atom. The van der Waals surface area contributed by atoms with E-state index in [-0.39, 0.29) is 5.91 Å². The van der Waals surface area contributed by atoms with Gasteiger partial charge in [0, 0.05) is 24.4 Å². The molecule has 5 heteroatoms. The molecule has 0 heterocycles. The molecule has 0 spiro atoms. The number of rotatable bonds is 8. The first-order valence-corrected chi connectivity index (χ1v) is 9.09. The number of benzene rings is 2. The van der Waals surface area contributed by atoms with Crippen LogP contribution in [0, 0.1) is 0 Å². The van der Waals surface area contributed by atoms with E-state index in [1.54, 1.807) is 18.9 Å². The van der Waals surface area contributed by atoms with Gasteiger partial charge in [0.1, 0.15) is 5.75 Å². The van der Waals surface area contributed by atoms with Crippen molar-refractivity contribution in [3.63, 3.8) is 0 Å². The van der Waals surface area contributed by atoms with Gasteiger partial charge in [0.05, 0.1) is 12.8 Å². The highest BCUT2D eigenvalue weighted by molar-refractivity contribution is 7.98. The quantitative estimate of drug-likeness (QED) is 0.738. The summed E-state index contributed by atoms with van der Waals surface area (Å²) in [4.78, 5) is 15.5. The van der Waals surface area contributed by atoms with Gasteiger partial charge in [0.2, 0.25) is 5.91 Å². The van der Waals surface area contributed by atoms with Crippen molar-refractivity contribution in [3.05, 3.63) is 54.1 Å². The lowest BCUT2D eigenvalue weighted by molar-refractivity contribution is -0.116. The topological polar surface area (TPSA) is 41.6 Å². The highest BCUT2D eigenvalue weighted by atomic mass is 32.2. The maximum absolute atomic E-state index is 12.1. The molecular formula is C19H24N2O2S. The number of methoxy groups -OCH3 is 1. The second kappa shape index (κ2) is 9.35. The molecule has 0 radical (unpaired) electrons. The van der Waals surface area contributed by atoms with Gasteiger partial charge in [-0.05, 0) is 43.1 Å². The fourth-order valence-electron chi connectivity index (χ4n) is 2.37. The third kappa shape index (κ3) is 5.58. The van der Waals surface area contributed by atoms with E-state index in [2.05, 4.69) is 40.7 Å². The molecule has 0 aliphatic heterocycles. The van der Waals surface area contributed by atoms with Crippen LogP contribution in [0.4, 0.5) is 5.69 Å². The average Bonchev–Trinajstić information content (AvgIpc) is 2.61. The highest BCUT2D eigenvalue weighted by Gasteiger charge is 2.08. The van der Waals surface area contributed by atoms with Crippen LogP contribution in [-0.4, -0.2) is 37.8 Å². The molecule has 1 amide bonds. The maximum Gasteiger partial charge on any atom is 0.225 e. The number of hydrogen-bond donors (Lipinski definition) is 1. The molecular weight excluding hydrogens is 320 g/mol. The molecule has 1 N–H and O–H groups in total. The SMILES string of the molecule is COc1ccccc1NC(=O)CCN(C)Cc1ccc(SC)cc1. The number of ether oxygens (including phenoxy) is 1. The fourth-order valence-corrected chi connectivity index (χ4v) is 2.78. The van der Waals surface area contributed by atoms with Crippen molar-refractivity contribution < 1.29 is 9.53 Å². The van der Waals surface area contributed by atoms with Crippen molar-refractivity contribution in [2.45, 2.75) is 17.9 Å².